The van der Waals surface area contributed by atoms with Gasteiger partial charge in [-0.3, -0.25) is 0 Å². The first-order chi connectivity index (χ1) is 9.20. The molecule has 0 aliphatic rings. The second-order valence-electron chi connectivity index (χ2n) is 3.99. The monoisotopic (exact) mass is 431 g/mol. The molecule has 0 saturated carbocycles. The molecule has 1 atom stereocenters. The molecule has 1 unspecified atom stereocenters. The van der Waals surface area contributed by atoms with Crippen LogP contribution in [0.15, 0.2) is 31.8 Å². The quantitative estimate of drug-likeness (QED) is 0.625. The van der Waals surface area contributed by atoms with E-state index in [-0.39, 0.29) is 5.56 Å². The molecule has 108 valence electrons. The molecule has 0 saturated heterocycles. The lowest BCUT2D eigenvalue weighted by atomic mass is 10.0. The molecule has 8 heteroatoms. The molecule has 2 N–H and O–H groups in total. The molecular formula is C12H7Br2F4NS. The summed E-state index contributed by atoms with van der Waals surface area (Å²) in [6, 6.07) is 3.76. The number of hydrogen-bond donors (Lipinski definition) is 1. The molecular weight excluding hydrogens is 426 g/mol. The Bertz CT molecular complexity index is 639. The standard InChI is InChI=1S/C12H7Br2F4NS/c13-9-4-6(11(14)20-9)10(19)5-1-2-7(8(15)3-5)12(16,17)18/h1-4,10H,19H2. The summed E-state index contributed by atoms with van der Waals surface area (Å²) >= 11 is 7.98. The Balaban J connectivity index is 2.39. The first kappa shape index (κ1) is 15.9. The average molecular weight is 433 g/mol. The van der Waals surface area contributed by atoms with Crippen LogP contribution in [0.3, 0.4) is 0 Å². The first-order valence-electron chi connectivity index (χ1n) is 5.27. The van der Waals surface area contributed by atoms with E-state index in [1.54, 1.807) is 6.07 Å². The largest absolute Gasteiger partial charge is 0.419 e. The van der Waals surface area contributed by atoms with Gasteiger partial charge in [0.05, 0.1) is 19.2 Å². The van der Waals surface area contributed by atoms with Gasteiger partial charge in [-0.05, 0) is 61.2 Å². The van der Waals surface area contributed by atoms with E-state index in [4.69, 9.17) is 5.73 Å². The van der Waals surface area contributed by atoms with Crippen LogP contribution in [0.25, 0.3) is 0 Å². The maximum Gasteiger partial charge on any atom is 0.419 e. The van der Waals surface area contributed by atoms with Crippen LogP contribution in [-0.4, -0.2) is 0 Å². The number of rotatable bonds is 2. The summed E-state index contributed by atoms with van der Waals surface area (Å²) in [4.78, 5) is 0. The lowest BCUT2D eigenvalue weighted by Crippen LogP contribution is -2.14. The third-order valence-corrected chi connectivity index (χ3v) is 5.06. The van der Waals surface area contributed by atoms with E-state index in [0.717, 1.165) is 13.6 Å². The molecule has 0 radical (unpaired) electrons. The van der Waals surface area contributed by atoms with Gasteiger partial charge in [-0.15, -0.1) is 11.3 Å². The van der Waals surface area contributed by atoms with Crippen LogP contribution < -0.4 is 5.73 Å². The van der Waals surface area contributed by atoms with Crippen LogP contribution in [0.5, 0.6) is 0 Å². The maximum absolute atomic E-state index is 13.5. The average Bonchev–Trinajstić information content (AvgIpc) is 2.65. The minimum Gasteiger partial charge on any atom is -0.320 e. The number of nitrogens with two attached hydrogens (primary N) is 1. The highest BCUT2D eigenvalue weighted by Gasteiger charge is 2.34. The Kier molecular flexibility index (Phi) is 4.58. The zero-order valence-electron chi connectivity index (χ0n) is 9.64. The van der Waals surface area contributed by atoms with Gasteiger partial charge in [0.2, 0.25) is 0 Å². The Labute approximate surface area is 133 Å². The lowest BCUT2D eigenvalue weighted by Gasteiger charge is -2.14. The molecule has 0 bridgehead atoms. The van der Waals surface area contributed by atoms with E-state index in [1.807, 2.05) is 0 Å². The van der Waals surface area contributed by atoms with E-state index in [2.05, 4.69) is 31.9 Å². The van der Waals surface area contributed by atoms with Crippen molar-refractivity contribution in [1.82, 2.24) is 0 Å². The van der Waals surface area contributed by atoms with Crippen LogP contribution in [0, 0.1) is 5.82 Å². The van der Waals surface area contributed by atoms with E-state index in [1.165, 1.54) is 17.4 Å². The van der Waals surface area contributed by atoms with Crippen molar-refractivity contribution in [2.24, 2.45) is 5.73 Å². The van der Waals surface area contributed by atoms with Gasteiger partial charge in [-0.1, -0.05) is 6.07 Å². The summed E-state index contributed by atoms with van der Waals surface area (Å²) in [5.41, 5.74) is 5.63. The van der Waals surface area contributed by atoms with E-state index in [0.29, 0.717) is 11.6 Å². The molecule has 1 nitrogen and oxygen atoms in total. The molecule has 1 aromatic heterocycles. The number of halogens is 6. The molecule has 2 rings (SSSR count). The Morgan fingerprint density at radius 2 is 1.80 bits per heavy atom. The highest BCUT2D eigenvalue weighted by atomic mass is 79.9. The van der Waals surface area contributed by atoms with Gasteiger partial charge in [0.25, 0.3) is 0 Å². The van der Waals surface area contributed by atoms with Gasteiger partial charge in [-0.2, -0.15) is 13.2 Å². The van der Waals surface area contributed by atoms with E-state index < -0.39 is 23.6 Å². The zero-order valence-corrected chi connectivity index (χ0v) is 13.6. The van der Waals surface area contributed by atoms with Crippen molar-refractivity contribution in [2.45, 2.75) is 12.2 Å². The summed E-state index contributed by atoms with van der Waals surface area (Å²) in [5, 5.41) is 0. The van der Waals surface area contributed by atoms with Crippen LogP contribution in [0.2, 0.25) is 0 Å². The third kappa shape index (κ3) is 3.24. The molecule has 0 fully saturated rings. The fourth-order valence-electron chi connectivity index (χ4n) is 1.70. The van der Waals surface area contributed by atoms with Crippen molar-refractivity contribution in [3.05, 3.63) is 54.3 Å². The SMILES string of the molecule is NC(c1ccc(C(F)(F)F)c(F)c1)c1cc(Br)sc1Br. The number of thiophene rings is 1. The van der Waals surface area contributed by atoms with Crippen molar-refractivity contribution < 1.29 is 17.6 Å². The van der Waals surface area contributed by atoms with Gasteiger partial charge in [0.15, 0.2) is 0 Å². The molecule has 0 amide bonds. The minimum atomic E-state index is -4.71. The van der Waals surface area contributed by atoms with Gasteiger partial charge < -0.3 is 5.73 Å². The Morgan fingerprint density at radius 3 is 2.25 bits per heavy atom. The topological polar surface area (TPSA) is 26.0 Å². The van der Waals surface area contributed by atoms with Crippen molar-refractivity contribution in [2.75, 3.05) is 0 Å². The highest BCUT2D eigenvalue weighted by Crippen LogP contribution is 2.38. The zero-order chi connectivity index (χ0) is 15.1. The third-order valence-electron chi connectivity index (χ3n) is 2.68. The van der Waals surface area contributed by atoms with E-state index >= 15 is 0 Å². The number of alkyl halides is 3. The van der Waals surface area contributed by atoms with Gasteiger partial charge in [-0.25, -0.2) is 4.39 Å². The first-order valence-corrected chi connectivity index (χ1v) is 7.67. The Hall–Kier alpha value is -0.440. The number of benzene rings is 1. The molecule has 1 heterocycles. The smallest absolute Gasteiger partial charge is 0.320 e. The molecule has 2 aromatic rings. The molecule has 0 spiro atoms. The van der Waals surface area contributed by atoms with Gasteiger partial charge in [0.1, 0.15) is 5.82 Å². The lowest BCUT2D eigenvalue weighted by molar-refractivity contribution is -0.140. The predicted molar refractivity (Wildman–Crippen MR) is 77.2 cm³/mol. The maximum atomic E-state index is 13.5. The second kappa shape index (κ2) is 5.75. The number of hydrogen-bond acceptors (Lipinski definition) is 2. The Morgan fingerprint density at radius 1 is 1.15 bits per heavy atom. The van der Waals surface area contributed by atoms with Crippen molar-refractivity contribution in [1.29, 1.82) is 0 Å². The van der Waals surface area contributed by atoms with Gasteiger partial charge in [0, 0.05) is 0 Å². The van der Waals surface area contributed by atoms with Crippen molar-refractivity contribution in [3.8, 4) is 0 Å². The summed E-state index contributed by atoms with van der Waals surface area (Å²) in [7, 11) is 0. The van der Waals surface area contributed by atoms with Crippen LogP contribution in [0.4, 0.5) is 17.6 Å². The molecule has 1 aromatic carbocycles. The van der Waals surface area contributed by atoms with Crippen LogP contribution >= 0.6 is 43.2 Å². The fraction of sp³-hybridized carbons (Fsp3) is 0.167. The molecule has 20 heavy (non-hydrogen) atoms. The molecule has 0 aliphatic heterocycles. The minimum absolute atomic E-state index is 0.279. The summed E-state index contributed by atoms with van der Waals surface area (Å²) < 4.78 is 52.6. The van der Waals surface area contributed by atoms with Crippen LogP contribution in [0.1, 0.15) is 22.7 Å². The molecule has 0 aliphatic carbocycles. The second-order valence-corrected chi connectivity index (χ2v) is 7.74. The van der Waals surface area contributed by atoms with Crippen molar-refractivity contribution in [3.63, 3.8) is 0 Å². The summed E-state index contributed by atoms with van der Waals surface area (Å²) in [6.07, 6.45) is -4.71. The summed E-state index contributed by atoms with van der Waals surface area (Å²) in [6.45, 7) is 0. The van der Waals surface area contributed by atoms with Gasteiger partial charge >= 0.3 is 6.18 Å². The normalized spacial score (nSPS) is 13.6. The summed E-state index contributed by atoms with van der Waals surface area (Å²) in [5.74, 6) is -1.32. The van der Waals surface area contributed by atoms with E-state index in [9.17, 15) is 17.6 Å². The van der Waals surface area contributed by atoms with Crippen molar-refractivity contribution >= 4 is 43.2 Å². The highest BCUT2D eigenvalue weighted by molar-refractivity contribution is 9.12. The predicted octanol–water partition coefficient (Wildman–Crippen LogP) is 5.48. The fourth-order valence-corrected chi connectivity index (χ4v) is 4.63. The van der Waals surface area contributed by atoms with Crippen LogP contribution in [-0.2, 0) is 6.18 Å².